The molecule has 0 aliphatic heterocycles. The first-order chi connectivity index (χ1) is 7.79. The first kappa shape index (κ1) is 14.0. The van der Waals surface area contributed by atoms with Crippen molar-refractivity contribution in [2.75, 3.05) is 0 Å². The molecule has 5 nitrogen and oxygen atoms in total. The van der Waals surface area contributed by atoms with Crippen molar-refractivity contribution >= 4 is 17.6 Å². The van der Waals surface area contributed by atoms with E-state index in [1.807, 2.05) is 13.8 Å². The van der Waals surface area contributed by atoms with Crippen LogP contribution in [-0.2, 0) is 17.9 Å². The summed E-state index contributed by atoms with van der Waals surface area (Å²) < 4.78 is 1.78. The van der Waals surface area contributed by atoms with Crippen molar-refractivity contribution in [3.8, 4) is 0 Å². The average molecular weight is 260 g/mol. The monoisotopic (exact) mass is 259 g/mol. The third kappa shape index (κ3) is 2.98. The van der Waals surface area contributed by atoms with Gasteiger partial charge in [-0.25, -0.2) is 0 Å². The number of carboxylic acid groups (broad SMARTS) is 1. The van der Waals surface area contributed by atoms with Gasteiger partial charge in [-0.1, -0.05) is 11.6 Å². The number of rotatable bonds is 5. The van der Waals surface area contributed by atoms with E-state index in [0.29, 0.717) is 18.1 Å². The molecule has 0 fully saturated rings. The number of aromatic nitrogens is 2. The van der Waals surface area contributed by atoms with Crippen LogP contribution >= 0.6 is 11.6 Å². The molecule has 0 radical (unpaired) electrons. The van der Waals surface area contributed by atoms with Gasteiger partial charge in [0, 0.05) is 13.1 Å². The maximum Gasteiger partial charge on any atom is 0.323 e. The van der Waals surface area contributed by atoms with Gasteiger partial charge in [0.25, 0.3) is 0 Å². The van der Waals surface area contributed by atoms with E-state index in [1.165, 1.54) is 0 Å². The summed E-state index contributed by atoms with van der Waals surface area (Å²) in [7, 11) is 0. The Balaban J connectivity index is 2.86. The highest BCUT2D eigenvalue weighted by molar-refractivity contribution is 6.31. The number of aryl methyl sites for hydroxylation is 2. The summed E-state index contributed by atoms with van der Waals surface area (Å²) in [6.07, 6.45) is 0. The zero-order chi connectivity index (χ0) is 13.2. The van der Waals surface area contributed by atoms with E-state index < -0.39 is 11.5 Å². The van der Waals surface area contributed by atoms with E-state index in [4.69, 9.17) is 16.7 Å². The lowest BCUT2D eigenvalue weighted by Gasteiger charge is -2.21. The summed E-state index contributed by atoms with van der Waals surface area (Å²) in [5.74, 6) is -0.895. The summed E-state index contributed by atoms with van der Waals surface area (Å²) in [6.45, 7) is 8.12. The normalized spacial score (nSPS) is 11.8. The van der Waals surface area contributed by atoms with Crippen LogP contribution in [0.5, 0.6) is 0 Å². The zero-order valence-corrected chi connectivity index (χ0v) is 11.3. The molecule has 0 unspecified atom stereocenters. The minimum absolute atomic E-state index is 0.382. The van der Waals surface area contributed by atoms with Crippen LogP contribution in [0.1, 0.15) is 32.2 Å². The molecule has 6 heteroatoms. The molecular weight excluding hydrogens is 242 g/mol. The number of aliphatic carboxylic acids is 1. The van der Waals surface area contributed by atoms with Gasteiger partial charge in [0.05, 0.1) is 16.4 Å². The van der Waals surface area contributed by atoms with Gasteiger partial charge in [0.2, 0.25) is 0 Å². The molecule has 96 valence electrons. The van der Waals surface area contributed by atoms with Gasteiger partial charge < -0.3 is 5.11 Å². The van der Waals surface area contributed by atoms with Gasteiger partial charge in [-0.3, -0.25) is 14.8 Å². The number of nitrogens with zero attached hydrogens (tertiary/aromatic N) is 2. The lowest BCUT2D eigenvalue weighted by Crippen LogP contribution is -2.46. The maximum atomic E-state index is 11.0. The van der Waals surface area contributed by atoms with E-state index in [9.17, 15) is 4.79 Å². The predicted molar refractivity (Wildman–Crippen MR) is 66.2 cm³/mol. The van der Waals surface area contributed by atoms with E-state index >= 15 is 0 Å². The van der Waals surface area contributed by atoms with Crippen LogP contribution in [0.3, 0.4) is 0 Å². The minimum Gasteiger partial charge on any atom is -0.480 e. The maximum absolute atomic E-state index is 11.0. The molecule has 0 saturated heterocycles. The fourth-order valence-electron chi connectivity index (χ4n) is 1.42. The van der Waals surface area contributed by atoms with Crippen molar-refractivity contribution in [3.63, 3.8) is 0 Å². The second-order valence-corrected chi connectivity index (χ2v) is 4.82. The summed E-state index contributed by atoms with van der Waals surface area (Å²) >= 11 is 6.13. The Morgan fingerprint density at radius 2 is 2.18 bits per heavy atom. The lowest BCUT2D eigenvalue weighted by atomic mass is 10.1. The number of carbonyl (C=O) groups is 1. The van der Waals surface area contributed by atoms with Gasteiger partial charge in [-0.15, -0.1) is 0 Å². The molecule has 2 N–H and O–H groups in total. The zero-order valence-electron chi connectivity index (χ0n) is 10.5. The molecule has 0 atom stereocenters. The molecule has 0 bridgehead atoms. The van der Waals surface area contributed by atoms with Gasteiger partial charge in [0.1, 0.15) is 5.54 Å². The Kier molecular flexibility index (Phi) is 4.16. The Morgan fingerprint density at radius 3 is 2.65 bits per heavy atom. The van der Waals surface area contributed by atoms with Crippen molar-refractivity contribution in [1.29, 1.82) is 0 Å². The number of hydrogen-bond donors (Lipinski definition) is 2. The summed E-state index contributed by atoms with van der Waals surface area (Å²) in [6, 6.07) is 0. The van der Waals surface area contributed by atoms with Crippen LogP contribution in [-0.4, -0.2) is 26.4 Å². The summed E-state index contributed by atoms with van der Waals surface area (Å²) in [4.78, 5) is 11.0. The summed E-state index contributed by atoms with van der Waals surface area (Å²) in [5, 5.41) is 16.8. The lowest BCUT2D eigenvalue weighted by molar-refractivity contribution is -0.143. The third-order valence-corrected chi connectivity index (χ3v) is 3.18. The molecule has 0 spiro atoms. The molecule has 17 heavy (non-hydrogen) atoms. The molecule has 0 aliphatic carbocycles. The van der Waals surface area contributed by atoms with Crippen LogP contribution < -0.4 is 5.32 Å². The quantitative estimate of drug-likeness (QED) is 0.846. The predicted octanol–water partition coefficient (Wildman–Crippen LogP) is 1.82. The minimum atomic E-state index is -0.986. The van der Waals surface area contributed by atoms with Crippen molar-refractivity contribution in [2.45, 2.75) is 46.3 Å². The SMILES string of the molecule is CCn1nc(C)c(Cl)c1CNC(C)(C)C(=O)O. The molecule has 1 rings (SSSR count). The number of carboxylic acids is 1. The molecular formula is C11H18ClN3O2. The molecule has 1 aromatic heterocycles. The van der Waals surface area contributed by atoms with E-state index in [2.05, 4.69) is 10.4 Å². The first-order valence-electron chi connectivity index (χ1n) is 5.49. The number of halogens is 1. The van der Waals surface area contributed by atoms with Crippen LogP contribution in [0.2, 0.25) is 5.02 Å². The van der Waals surface area contributed by atoms with Gasteiger partial charge in [0.15, 0.2) is 0 Å². The summed E-state index contributed by atoms with van der Waals surface area (Å²) in [5.41, 5.74) is 0.597. The van der Waals surface area contributed by atoms with Gasteiger partial charge >= 0.3 is 5.97 Å². The first-order valence-corrected chi connectivity index (χ1v) is 5.87. The van der Waals surface area contributed by atoms with Crippen LogP contribution in [0.25, 0.3) is 0 Å². The van der Waals surface area contributed by atoms with Crippen LogP contribution in [0.4, 0.5) is 0 Å². The highest BCUT2D eigenvalue weighted by Gasteiger charge is 2.27. The Morgan fingerprint density at radius 1 is 1.59 bits per heavy atom. The number of hydrogen-bond acceptors (Lipinski definition) is 3. The fraction of sp³-hybridized carbons (Fsp3) is 0.636. The van der Waals surface area contributed by atoms with Crippen molar-refractivity contribution in [1.82, 2.24) is 15.1 Å². The molecule has 0 aliphatic rings. The van der Waals surface area contributed by atoms with E-state index in [-0.39, 0.29) is 0 Å². The van der Waals surface area contributed by atoms with Crippen molar-refractivity contribution in [2.24, 2.45) is 0 Å². The van der Waals surface area contributed by atoms with E-state index in [0.717, 1.165) is 11.4 Å². The average Bonchev–Trinajstić information content (AvgIpc) is 2.52. The molecule has 1 heterocycles. The van der Waals surface area contributed by atoms with Crippen LogP contribution in [0, 0.1) is 6.92 Å². The van der Waals surface area contributed by atoms with Crippen molar-refractivity contribution in [3.05, 3.63) is 16.4 Å². The Labute approximate surface area is 106 Å². The fourth-order valence-corrected chi connectivity index (χ4v) is 1.62. The highest BCUT2D eigenvalue weighted by Crippen LogP contribution is 2.20. The topological polar surface area (TPSA) is 67.2 Å². The third-order valence-electron chi connectivity index (χ3n) is 2.69. The Hall–Kier alpha value is -1.07. The highest BCUT2D eigenvalue weighted by atomic mass is 35.5. The smallest absolute Gasteiger partial charge is 0.323 e. The second-order valence-electron chi connectivity index (χ2n) is 4.45. The molecule has 0 aromatic carbocycles. The standard InChI is InChI=1S/C11H18ClN3O2/c1-5-15-8(9(12)7(2)14-15)6-13-11(3,4)10(16)17/h13H,5-6H2,1-4H3,(H,16,17). The number of nitrogens with one attached hydrogen (secondary N) is 1. The molecule has 1 aromatic rings. The second kappa shape index (κ2) is 5.06. The molecule has 0 amide bonds. The van der Waals surface area contributed by atoms with Crippen molar-refractivity contribution < 1.29 is 9.90 Å². The largest absolute Gasteiger partial charge is 0.480 e. The van der Waals surface area contributed by atoms with Gasteiger partial charge in [-0.2, -0.15) is 5.10 Å². The van der Waals surface area contributed by atoms with Crippen LogP contribution in [0.15, 0.2) is 0 Å². The van der Waals surface area contributed by atoms with E-state index in [1.54, 1.807) is 18.5 Å². The Bertz CT molecular complexity index is 427. The van der Waals surface area contributed by atoms with Gasteiger partial charge in [-0.05, 0) is 27.7 Å². The molecule has 0 saturated carbocycles.